The minimum atomic E-state index is -0.872. The Labute approximate surface area is 148 Å². The lowest BCUT2D eigenvalue weighted by Crippen LogP contribution is -2.09. The van der Waals surface area contributed by atoms with Crippen LogP contribution in [-0.4, -0.2) is 24.7 Å². The number of benzene rings is 1. The van der Waals surface area contributed by atoms with E-state index >= 15 is 0 Å². The van der Waals surface area contributed by atoms with Crippen LogP contribution in [-0.2, 0) is 13.5 Å². The fraction of sp³-hybridized carbons (Fsp3) is 0.235. The van der Waals surface area contributed by atoms with E-state index in [9.17, 15) is 9.50 Å². The highest BCUT2D eigenvalue weighted by atomic mass is 35.5. The molecule has 1 aromatic carbocycles. The van der Waals surface area contributed by atoms with Crippen molar-refractivity contribution in [3.8, 4) is 11.8 Å². The van der Waals surface area contributed by atoms with Crippen molar-refractivity contribution in [3.05, 3.63) is 63.9 Å². The van der Waals surface area contributed by atoms with Gasteiger partial charge in [-0.15, -0.1) is 0 Å². The van der Waals surface area contributed by atoms with Gasteiger partial charge in [0, 0.05) is 24.7 Å². The van der Waals surface area contributed by atoms with Crippen LogP contribution in [0.4, 0.5) is 4.39 Å². The Kier molecular flexibility index (Phi) is 4.57. The lowest BCUT2D eigenvalue weighted by atomic mass is 10.1. The van der Waals surface area contributed by atoms with E-state index in [1.54, 1.807) is 41.5 Å². The molecule has 2 heterocycles. The van der Waals surface area contributed by atoms with Gasteiger partial charge in [0.1, 0.15) is 11.9 Å². The number of halogens is 2. The van der Waals surface area contributed by atoms with Crippen LogP contribution in [0.25, 0.3) is 5.69 Å². The maximum absolute atomic E-state index is 13.6. The van der Waals surface area contributed by atoms with E-state index in [2.05, 4.69) is 10.2 Å². The van der Waals surface area contributed by atoms with Crippen LogP contribution in [0.1, 0.15) is 35.7 Å². The first-order chi connectivity index (χ1) is 11.9. The van der Waals surface area contributed by atoms with Crippen molar-refractivity contribution in [3.63, 3.8) is 0 Å². The number of nitriles is 1. The van der Waals surface area contributed by atoms with Gasteiger partial charge in [0.2, 0.25) is 0 Å². The maximum atomic E-state index is 13.6. The van der Waals surface area contributed by atoms with Crippen molar-refractivity contribution < 1.29 is 9.50 Å². The maximum Gasteiger partial charge on any atom is 0.162 e. The van der Waals surface area contributed by atoms with Crippen LogP contribution >= 0.6 is 11.6 Å². The van der Waals surface area contributed by atoms with Crippen molar-refractivity contribution in [2.24, 2.45) is 7.05 Å². The second-order valence-electron chi connectivity index (χ2n) is 5.68. The Morgan fingerprint density at radius 1 is 1.28 bits per heavy atom. The predicted molar refractivity (Wildman–Crippen MR) is 89.9 cm³/mol. The molecule has 0 aliphatic carbocycles. The summed E-state index contributed by atoms with van der Waals surface area (Å²) in [5, 5.41) is 27.6. The Morgan fingerprint density at radius 2 is 2.04 bits per heavy atom. The van der Waals surface area contributed by atoms with Crippen LogP contribution in [0.5, 0.6) is 0 Å². The molecule has 6 nitrogen and oxygen atoms in total. The molecule has 0 unspecified atom stereocenters. The van der Waals surface area contributed by atoms with E-state index in [1.807, 2.05) is 6.07 Å². The number of hydrogen-bond donors (Lipinski definition) is 1. The normalized spacial score (nSPS) is 12.2. The van der Waals surface area contributed by atoms with Crippen molar-refractivity contribution in [2.45, 2.75) is 19.4 Å². The summed E-state index contributed by atoms with van der Waals surface area (Å²) < 4.78 is 16.7. The van der Waals surface area contributed by atoms with Gasteiger partial charge in [-0.05, 0) is 37.3 Å². The molecule has 0 spiro atoms. The topological polar surface area (TPSA) is 79.7 Å². The van der Waals surface area contributed by atoms with Gasteiger partial charge in [-0.3, -0.25) is 4.68 Å². The zero-order valence-electron chi connectivity index (χ0n) is 13.6. The molecule has 0 radical (unpaired) electrons. The third-order valence-electron chi connectivity index (χ3n) is 3.87. The van der Waals surface area contributed by atoms with E-state index in [-0.39, 0.29) is 5.15 Å². The van der Waals surface area contributed by atoms with Crippen LogP contribution in [0.15, 0.2) is 30.3 Å². The van der Waals surface area contributed by atoms with E-state index in [0.29, 0.717) is 23.4 Å². The second kappa shape index (κ2) is 6.67. The van der Waals surface area contributed by atoms with Gasteiger partial charge in [0.15, 0.2) is 10.8 Å². The molecule has 2 aromatic heterocycles. The fourth-order valence-electron chi connectivity index (χ4n) is 2.69. The average molecular weight is 360 g/mol. The molecule has 1 N–H and O–H groups in total. The monoisotopic (exact) mass is 359 g/mol. The molecule has 0 aliphatic rings. The number of rotatable bonds is 4. The summed E-state index contributed by atoms with van der Waals surface area (Å²) in [7, 11) is 1.75. The number of nitrogens with zero attached hydrogens (tertiary/aromatic N) is 5. The molecule has 0 aliphatic heterocycles. The molecule has 0 saturated heterocycles. The molecular formula is C17H15ClFN5O. The minimum Gasteiger partial charge on any atom is -0.389 e. The molecule has 0 amide bonds. The molecule has 0 bridgehead atoms. The van der Waals surface area contributed by atoms with Crippen LogP contribution in [0, 0.1) is 17.1 Å². The van der Waals surface area contributed by atoms with E-state index in [4.69, 9.17) is 16.9 Å². The van der Waals surface area contributed by atoms with E-state index < -0.39 is 11.9 Å². The summed E-state index contributed by atoms with van der Waals surface area (Å²) in [5.41, 5.74) is 2.80. The minimum absolute atomic E-state index is 0.276. The van der Waals surface area contributed by atoms with Crippen molar-refractivity contribution in [1.82, 2.24) is 19.6 Å². The summed E-state index contributed by atoms with van der Waals surface area (Å²) in [4.78, 5) is 0. The van der Waals surface area contributed by atoms with Crippen LogP contribution in [0.3, 0.4) is 0 Å². The number of aliphatic hydroxyl groups is 1. The van der Waals surface area contributed by atoms with Gasteiger partial charge in [-0.1, -0.05) is 11.6 Å². The molecule has 3 aromatic rings. The Bertz CT molecular complexity index is 970. The number of aliphatic hydroxyl groups excluding tert-OH is 1. The number of aromatic nitrogens is 4. The van der Waals surface area contributed by atoms with Gasteiger partial charge in [0.25, 0.3) is 0 Å². The molecule has 0 fully saturated rings. The zero-order chi connectivity index (χ0) is 18.1. The van der Waals surface area contributed by atoms with Gasteiger partial charge in [-0.25, -0.2) is 9.07 Å². The fourth-order valence-corrected chi connectivity index (χ4v) is 2.89. The Hall–Kier alpha value is -2.69. The Morgan fingerprint density at radius 3 is 2.68 bits per heavy atom. The summed E-state index contributed by atoms with van der Waals surface area (Å²) in [6, 6.07) is 9.51. The molecule has 8 heteroatoms. The smallest absolute Gasteiger partial charge is 0.162 e. The second-order valence-corrected chi connectivity index (χ2v) is 6.07. The summed E-state index contributed by atoms with van der Waals surface area (Å²) >= 11 is 6.07. The van der Waals surface area contributed by atoms with Gasteiger partial charge < -0.3 is 5.11 Å². The lowest BCUT2D eigenvalue weighted by Gasteiger charge is -2.14. The number of aryl methyl sites for hydroxylation is 1. The number of hydrogen-bond acceptors (Lipinski definition) is 4. The van der Waals surface area contributed by atoms with Crippen LogP contribution < -0.4 is 0 Å². The summed E-state index contributed by atoms with van der Waals surface area (Å²) in [5.74, 6) is -0.440. The standard InChI is InChI=1S/C17H15ClFN5O/c1-10(25)15-5-11(19)3-4-16(15)24-14(8-17(18)22-24)7-13-6-12(9-20)21-23(13)2/h3-6,8,10,25H,7H2,1-2H3/t10-/m1/s1. The SMILES string of the molecule is C[C@@H](O)c1cc(F)ccc1-n1nc(Cl)cc1Cc1cc(C#N)nn1C. The van der Waals surface area contributed by atoms with E-state index in [1.165, 1.54) is 12.1 Å². The van der Waals surface area contributed by atoms with Crippen molar-refractivity contribution in [1.29, 1.82) is 5.26 Å². The van der Waals surface area contributed by atoms with Gasteiger partial charge in [0.05, 0.1) is 17.5 Å². The largest absolute Gasteiger partial charge is 0.389 e. The molecule has 0 saturated carbocycles. The molecule has 3 rings (SSSR count). The van der Waals surface area contributed by atoms with E-state index in [0.717, 1.165) is 11.4 Å². The molecular weight excluding hydrogens is 345 g/mol. The highest BCUT2D eigenvalue weighted by Gasteiger charge is 2.17. The van der Waals surface area contributed by atoms with Gasteiger partial charge >= 0.3 is 0 Å². The molecule has 25 heavy (non-hydrogen) atoms. The molecule has 1 atom stereocenters. The summed E-state index contributed by atoms with van der Waals surface area (Å²) in [6.07, 6.45) is -0.454. The summed E-state index contributed by atoms with van der Waals surface area (Å²) in [6.45, 7) is 1.56. The third-order valence-corrected chi connectivity index (χ3v) is 4.06. The van der Waals surface area contributed by atoms with Crippen molar-refractivity contribution in [2.75, 3.05) is 0 Å². The lowest BCUT2D eigenvalue weighted by molar-refractivity contribution is 0.198. The highest BCUT2D eigenvalue weighted by Crippen LogP contribution is 2.26. The quantitative estimate of drug-likeness (QED) is 0.776. The first-order valence-electron chi connectivity index (χ1n) is 7.54. The predicted octanol–water partition coefficient (Wildman–Crippen LogP) is 2.91. The first kappa shape index (κ1) is 17.1. The average Bonchev–Trinajstić information content (AvgIpc) is 3.10. The van der Waals surface area contributed by atoms with Crippen LogP contribution in [0.2, 0.25) is 5.15 Å². The first-order valence-corrected chi connectivity index (χ1v) is 7.92. The highest BCUT2D eigenvalue weighted by molar-refractivity contribution is 6.29. The van der Waals surface area contributed by atoms with Gasteiger partial charge in [-0.2, -0.15) is 15.5 Å². The zero-order valence-corrected chi connectivity index (χ0v) is 14.4. The third kappa shape index (κ3) is 3.40. The van der Waals surface area contributed by atoms with Crippen molar-refractivity contribution >= 4 is 11.6 Å². The molecule has 128 valence electrons. The Balaban J connectivity index is 2.08.